The molecule has 0 aliphatic heterocycles. The topological polar surface area (TPSA) is 44.1 Å². The first-order valence-corrected chi connectivity index (χ1v) is 5.40. The van der Waals surface area contributed by atoms with Crippen molar-refractivity contribution in [1.29, 1.82) is 5.26 Å². The first-order chi connectivity index (χ1) is 8.02. The molecule has 3 heteroatoms. The molecule has 1 aromatic rings. The molecular formula is C14H16N2O. The summed E-state index contributed by atoms with van der Waals surface area (Å²) in [4.78, 5) is 13.5. The number of hydrogen-bond donors (Lipinski definition) is 0. The van der Waals surface area contributed by atoms with Crippen LogP contribution in [-0.4, -0.2) is 24.4 Å². The molecule has 0 atom stereocenters. The summed E-state index contributed by atoms with van der Waals surface area (Å²) in [5.74, 6) is 0.0534. The summed E-state index contributed by atoms with van der Waals surface area (Å²) in [6.45, 7) is 6.25. The van der Waals surface area contributed by atoms with E-state index < -0.39 is 0 Å². The lowest BCUT2D eigenvalue weighted by atomic mass is 10.1. The minimum absolute atomic E-state index is 0.0534. The minimum Gasteiger partial charge on any atom is -0.342 e. The van der Waals surface area contributed by atoms with E-state index in [2.05, 4.69) is 6.58 Å². The molecule has 0 saturated carbocycles. The predicted octanol–water partition coefficient (Wildman–Crippen LogP) is 2.14. The number of amides is 1. The van der Waals surface area contributed by atoms with Crippen LogP contribution in [0.2, 0.25) is 0 Å². The van der Waals surface area contributed by atoms with Crippen LogP contribution in [0.25, 0.3) is 0 Å². The number of rotatable bonds is 4. The molecule has 0 aliphatic carbocycles. The van der Waals surface area contributed by atoms with Crippen LogP contribution in [0.3, 0.4) is 0 Å². The quantitative estimate of drug-likeness (QED) is 0.741. The zero-order chi connectivity index (χ0) is 12.8. The van der Waals surface area contributed by atoms with Crippen molar-refractivity contribution >= 4 is 5.91 Å². The summed E-state index contributed by atoms with van der Waals surface area (Å²) in [7, 11) is 1.76. The maximum atomic E-state index is 11.8. The zero-order valence-corrected chi connectivity index (χ0v) is 10.2. The molecule has 0 N–H and O–H groups in total. The summed E-state index contributed by atoms with van der Waals surface area (Å²) < 4.78 is 0. The van der Waals surface area contributed by atoms with E-state index in [-0.39, 0.29) is 5.91 Å². The van der Waals surface area contributed by atoms with Crippen LogP contribution >= 0.6 is 0 Å². The van der Waals surface area contributed by atoms with Gasteiger partial charge in [0.15, 0.2) is 0 Å². The Hall–Kier alpha value is -2.08. The Balaban J connectivity index is 2.61. The third kappa shape index (κ3) is 4.12. The molecule has 0 bridgehead atoms. The van der Waals surface area contributed by atoms with Crippen LogP contribution in [0, 0.1) is 11.3 Å². The Labute approximate surface area is 102 Å². The molecule has 1 amide bonds. The fraction of sp³-hybridized carbons (Fsp3) is 0.286. The van der Waals surface area contributed by atoms with Crippen LogP contribution in [-0.2, 0) is 11.2 Å². The summed E-state index contributed by atoms with van der Waals surface area (Å²) in [6.07, 6.45) is 0.357. The minimum atomic E-state index is 0.0534. The summed E-state index contributed by atoms with van der Waals surface area (Å²) in [5, 5.41) is 8.66. The fourth-order valence-corrected chi connectivity index (χ4v) is 1.50. The Morgan fingerprint density at radius 2 is 2.00 bits per heavy atom. The van der Waals surface area contributed by atoms with Crippen molar-refractivity contribution in [3.05, 3.63) is 47.5 Å². The number of carbonyl (C=O) groups is 1. The van der Waals surface area contributed by atoms with Gasteiger partial charge in [0.25, 0.3) is 0 Å². The highest BCUT2D eigenvalue weighted by molar-refractivity contribution is 5.78. The van der Waals surface area contributed by atoms with Gasteiger partial charge >= 0.3 is 0 Å². The highest BCUT2D eigenvalue weighted by Gasteiger charge is 2.09. The number of benzene rings is 1. The van der Waals surface area contributed by atoms with Crippen molar-refractivity contribution < 1.29 is 4.79 Å². The number of carbonyl (C=O) groups excluding carboxylic acids is 1. The smallest absolute Gasteiger partial charge is 0.227 e. The molecule has 0 unspecified atom stereocenters. The Morgan fingerprint density at radius 1 is 1.41 bits per heavy atom. The van der Waals surface area contributed by atoms with Gasteiger partial charge in [-0.25, -0.2) is 0 Å². The molecule has 88 valence electrons. The van der Waals surface area contributed by atoms with E-state index in [1.807, 2.05) is 25.1 Å². The van der Waals surface area contributed by atoms with E-state index >= 15 is 0 Å². The van der Waals surface area contributed by atoms with E-state index in [9.17, 15) is 4.79 Å². The van der Waals surface area contributed by atoms with Gasteiger partial charge in [-0.3, -0.25) is 4.79 Å². The van der Waals surface area contributed by atoms with Gasteiger partial charge in [0.1, 0.15) is 0 Å². The molecule has 0 aromatic heterocycles. The van der Waals surface area contributed by atoms with Gasteiger partial charge in [-0.2, -0.15) is 5.26 Å². The molecule has 3 nitrogen and oxygen atoms in total. The largest absolute Gasteiger partial charge is 0.342 e. The molecule has 1 rings (SSSR count). The van der Waals surface area contributed by atoms with Gasteiger partial charge in [-0.05, 0) is 24.6 Å². The van der Waals surface area contributed by atoms with Crippen LogP contribution < -0.4 is 0 Å². The van der Waals surface area contributed by atoms with Crippen LogP contribution in [0.15, 0.2) is 36.4 Å². The number of hydrogen-bond acceptors (Lipinski definition) is 2. The molecule has 0 radical (unpaired) electrons. The van der Waals surface area contributed by atoms with Crippen molar-refractivity contribution in [2.24, 2.45) is 0 Å². The molecule has 0 aliphatic rings. The second-order valence-corrected chi connectivity index (χ2v) is 4.19. The van der Waals surface area contributed by atoms with E-state index in [4.69, 9.17) is 5.26 Å². The summed E-state index contributed by atoms with van der Waals surface area (Å²) in [6, 6.07) is 9.12. The maximum absolute atomic E-state index is 11.8. The first kappa shape index (κ1) is 13.0. The highest BCUT2D eigenvalue weighted by atomic mass is 16.2. The second-order valence-electron chi connectivity index (χ2n) is 4.19. The van der Waals surface area contributed by atoms with Crippen LogP contribution in [0.5, 0.6) is 0 Å². The summed E-state index contributed by atoms with van der Waals surface area (Å²) in [5.41, 5.74) is 2.49. The van der Waals surface area contributed by atoms with Gasteiger partial charge in [0.2, 0.25) is 5.91 Å². The Kier molecular flexibility index (Phi) is 4.47. The predicted molar refractivity (Wildman–Crippen MR) is 67.3 cm³/mol. The van der Waals surface area contributed by atoms with Crippen LogP contribution in [0.4, 0.5) is 0 Å². The monoisotopic (exact) mass is 228 g/mol. The summed E-state index contributed by atoms with van der Waals surface area (Å²) >= 11 is 0. The fourth-order valence-electron chi connectivity index (χ4n) is 1.50. The number of nitrogens with zero attached hydrogens (tertiary/aromatic N) is 2. The Bertz CT molecular complexity index is 454. The van der Waals surface area contributed by atoms with Crippen molar-refractivity contribution in [3.8, 4) is 6.07 Å². The standard InChI is InChI=1S/C14H16N2O/c1-11(2)10-16(3)14(17)8-12-4-6-13(9-15)7-5-12/h4-7H,1,8,10H2,2-3H3. The lowest BCUT2D eigenvalue weighted by Crippen LogP contribution is -2.29. The van der Waals surface area contributed by atoms with Gasteiger partial charge in [0.05, 0.1) is 18.1 Å². The van der Waals surface area contributed by atoms with E-state index in [0.717, 1.165) is 11.1 Å². The molecule has 17 heavy (non-hydrogen) atoms. The molecular weight excluding hydrogens is 212 g/mol. The van der Waals surface area contributed by atoms with Gasteiger partial charge < -0.3 is 4.90 Å². The second kappa shape index (κ2) is 5.86. The third-order valence-electron chi connectivity index (χ3n) is 2.37. The highest BCUT2D eigenvalue weighted by Crippen LogP contribution is 2.06. The van der Waals surface area contributed by atoms with E-state index in [1.54, 1.807) is 24.1 Å². The maximum Gasteiger partial charge on any atom is 0.227 e. The molecule has 0 saturated heterocycles. The van der Waals surface area contributed by atoms with Crippen LogP contribution in [0.1, 0.15) is 18.1 Å². The first-order valence-electron chi connectivity index (χ1n) is 5.40. The number of likely N-dealkylation sites (N-methyl/N-ethyl adjacent to an activating group) is 1. The molecule has 0 fully saturated rings. The van der Waals surface area contributed by atoms with Gasteiger partial charge in [-0.15, -0.1) is 0 Å². The van der Waals surface area contributed by atoms with Gasteiger partial charge in [-0.1, -0.05) is 24.3 Å². The average Bonchev–Trinajstić information content (AvgIpc) is 2.29. The van der Waals surface area contributed by atoms with E-state index in [1.165, 1.54) is 0 Å². The lowest BCUT2D eigenvalue weighted by molar-refractivity contribution is -0.128. The molecule has 0 heterocycles. The van der Waals surface area contributed by atoms with Crippen molar-refractivity contribution in [3.63, 3.8) is 0 Å². The Morgan fingerprint density at radius 3 is 2.47 bits per heavy atom. The number of nitriles is 1. The van der Waals surface area contributed by atoms with Crippen molar-refractivity contribution in [1.82, 2.24) is 4.90 Å². The van der Waals surface area contributed by atoms with Gasteiger partial charge in [0, 0.05) is 13.6 Å². The van der Waals surface area contributed by atoms with Crippen molar-refractivity contribution in [2.45, 2.75) is 13.3 Å². The lowest BCUT2D eigenvalue weighted by Gasteiger charge is -2.17. The average molecular weight is 228 g/mol. The SMILES string of the molecule is C=C(C)CN(C)C(=O)Cc1ccc(C#N)cc1. The van der Waals surface area contributed by atoms with E-state index in [0.29, 0.717) is 18.5 Å². The molecule has 0 spiro atoms. The molecule has 1 aromatic carbocycles. The normalized spacial score (nSPS) is 9.47. The third-order valence-corrected chi connectivity index (χ3v) is 2.37. The zero-order valence-electron chi connectivity index (χ0n) is 10.2. The van der Waals surface area contributed by atoms with Crippen molar-refractivity contribution in [2.75, 3.05) is 13.6 Å².